The smallest absolute Gasteiger partial charge is 0.338 e. The third kappa shape index (κ3) is 5.02. The van der Waals surface area contributed by atoms with Gasteiger partial charge >= 0.3 is 5.97 Å². The van der Waals surface area contributed by atoms with Gasteiger partial charge in [-0.15, -0.1) is 0 Å². The van der Waals surface area contributed by atoms with Crippen LogP contribution in [-0.2, 0) is 9.53 Å². The van der Waals surface area contributed by atoms with Gasteiger partial charge in [-0.05, 0) is 61.7 Å². The zero-order valence-electron chi connectivity index (χ0n) is 15.3. The van der Waals surface area contributed by atoms with Crippen molar-refractivity contribution in [1.29, 1.82) is 0 Å². The molecule has 136 valence electrons. The lowest BCUT2D eigenvalue weighted by molar-refractivity contribution is -0.116. The molecule has 0 radical (unpaired) electrons. The van der Waals surface area contributed by atoms with Gasteiger partial charge in [0.1, 0.15) is 0 Å². The van der Waals surface area contributed by atoms with Crippen LogP contribution >= 0.6 is 0 Å². The monoisotopic (exact) mass is 353 g/mol. The molecule has 0 heterocycles. The van der Waals surface area contributed by atoms with Crippen molar-refractivity contribution < 1.29 is 19.1 Å². The van der Waals surface area contributed by atoms with Gasteiger partial charge in [-0.3, -0.25) is 9.59 Å². The van der Waals surface area contributed by atoms with Crippen molar-refractivity contribution in [3.63, 3.8) is 0 Å². The van der Waals surface area contributed by atoms with E-state index in [-0.39, 0.29) is 18.3 Å². The molecule has 5 heteroatoms. The number of carbonyl (C=O) groups is 3. The Morgan fingerprint density at radius 3 is 2.35 bits per heavy atom. The second-order valence-corrected chi connectivity index (χ2v) is 6.12. The molecule has 0 aliphatic heterocycles. The Kier molecular flexibility index (Phi) is 6.67. The van der Waals surface area contributed by atoms with Crippen molar-refractivity contribution in [1.82, 2.24) is 0 Å². The van der Waals surface area contributed by atoms with Crippen LogP contribution in [0.1, 0.15) is 51.6 Å². The predicted octanol–water partition coefficient (Wildman–Crippen LogP) is 4.08. The van der Waals surface area contributed by atoms with Gasteiger partial charge in [-0.1, -0.05) is 19.1 Å². The van der Waals surface area contributed by atoms with Crippen LogP contribution in [0.5, 0.6) is 0 Å². The quantitative estimate of drug-likeness (QED) is 0.601. The average Bonchev–Trinajstić information content (AvgIpc) is 2.62. The highest BCUT2D eigenvalue weighted by atomic mass is 16.5. The minimum Gasteiger partial charge on any atom is -0.454 e. The normalized spacial score (nSPS) is 10.3. The maximum absolute atomic E-state index is 12.2. The molecule has 0 aliphatic rings. The van der Waals surface area contributed by atoms with E-state index in [4.69, 9.17) is 4.74 Å². The van der Waals surface area contributed by atoms with E-state index < -0.39 is 5.97 Å². The fourth-order valence-electron chi connectivity index (χ4n) is 2.45. The van der Waals surface area contributed by atoms with Crippen LogP contribution in [0.3, 0.4) is 0 Å². The van der Waals surface area contributed by atoms with Gasteiger partial charge < -0.3 is 10.1 Å². The maximum Gasteiger partial charge on any atom is 0.338 e. The zero-order valence-corrected chi connectivity index (χ0v) is 15.3. The fourth-order valence-corrected chi connectivity index (χ4v) is 2.45. The molecule has 2 aromatic carbocycles. The van der Waals surface area contributed by atoms with Crippen molar-refractivity contribution in [2.45, 2.75) is 33.6 Å². The van der Waals surface area contributed by atoms with E-state index in [1.54, 1.807) is 36.4 Å². The lowest BCUT2D eigenvalue weighted by Crippen LogP contribution is -2.15. The summed E-state index contributed by atoms with van der Waals surface area (Å²) in [6.45, 7) is 5.37. The second kappa shape index (κ2) is 8.94. The van der Waals surface area contributed by atoms with Gasteiger partial charge in [0.05, 0.1) is 5.56 Å². The van der Waals surface area contributed by atoms with Crippen molar-refractivity contribution in [3.05, 3.63) is 64.7 Å². The molecule has 0 aromatic heterocycles. The Balaban J connectivity index is 1.94. The number of ether oxygens (including phenoxy) is 1. The first-order chi connectivity index (χ1) is 12.4. The van der Waals surface area contributed by atoms with Gasteiger partial charge in [0.2, 0.25) is 5.91 Å². The number of amides is 1. The minimum atomic E-state index is -0.511. The Morgan fingerprint density at radius 2 is 1.69 bits per heavy atom. The first-order valence-corrected chi connectivity index (χ1v) is 8.58. The van der Waals surface area contributed by atoms with E-state index in [9.17, 15) is 14.4 Å². The Morgan fingerprint density at radius 1 is 1.00 bits per heavy atom. The summed E-state index contributed by atoms with van der Waals surface area (Å²) in [6, 6.07) is 11.9. The summed E-state index contributed by atoms with van der Waals surface area (Å²) in [5.74, 6) is -0.868. The number of nitrogens with one attached hydrogen (secondary N) is 1. The lowest BCUT2D eigenvalue weighted by atomic mass is 10.0. The standard InChI is InChI=1S/C21H23NO4/c1-4-6-20(24)22-17-11-9-16(10-12-17)19(23)13-26-21(25)18-8-5-7-14(2)15(18)3/h5,7-12H,4,6,13H2,1-3H3,(H,22,24). The molecule has 0 aliphatic carbocycles. The largest absolute Gasteiger partial charge is 0.454 e. The number of ketones is 1. The lowest BCUT2D eigenvalue weighted by Gasteiger charge is -2.09. The summed E-state index contributed by atoms with van der Waals surface area (Å²) in [4.78, 5) is 35.9. The Bertz CT molecular complexity index is 809. The average molecular weight is 353 g/mol. The number of anilines is 1. The molecule has 0 saturated heterocycles. The molecule has 0 unspecified atom stereocenters. The number of rotatable bonds is 7. The number of carbonyl (C=O) groups excluding carboxylic acids is 3. The molecule has 5 nitrogen and oxygen atoms in total. The first-order valence-electron chi connectivity index (χ1n) is 8.58. The molecule has 26 heavy (non-hydrogen) atoms. The predicted molar refractivity (Wildman–Crippen MR) is 101 cm³/mol. The zero-order chi connectivity index (χ0) is 19.1. The van der Waals surface area contributed by atoms with E-state index in [0.29, 0.717) is 23.2 Å². The van der Waals surface area contributed by atoms with Gasteiger partial charge in [0, 0.05) is 17.7 Å². The van der Waals surface area contributed by atoms with Crippen LogP contribution in [0.15, 0.2) is 42.5 Å². The Labute approximate surface area is 153 Å². The molecular formula is C21H23NO4. The van der Waals surface area contributed by atoms with E-state index in [1.165, 1.54) is 0 Å². The minimum absolute atomic E-state index is 0.0611. The molecule has 0 fully saturated rings. The topological polar surface area (TPSA) is 72.5 Å². The number of hydrogen-bond acceptors (Lipinski definition) is 4. The van der Waals surface area contributed by atoms with Crippen molar-refractivity contribution in [2.75, 3.05) is 11.9 Å². The highest BCUT2D eigenvalue weighted by Crippen LogP contribution is 2.15. The van der Waals surface area contributed by atoms with Crippen LogP contribution in [-0.4, -0.2) is 24.3 Å². The summed E-state index contributed by atoms with van der Waals surface area (Å²) in [7, 11) is 0. The fraction of sp³-hybridized carbons (Fsp3) is 0.286. The highest BCUT2D eigenvalue weighted by Gasteiger charge is 2.14. The molecule has 2 aromatic rings. The van der Waals surface area contributed by atoms with Crippen LogP contribution in [0.25, 0.3) is 0 Å². The van der Waals surface area contributed by atoms with E-state index in [0.717, 1.165) is 17.5 Å². The number of esters is 1. The summed E-state index contributed by atoms with van der Waals surface area (Å²) < 4.78 is 5.15. The SMILES string of the molecule is CCCC(=O)Nc1ccc(C(=O)COC(=O)c2cccc(C)c2C)cc1. The van der Waals surface area contributed by atoms with Gasteiger partial charge in [-0.25, -0.2) is 4.79 Å². The highest BCUT2D eigenvalue weighted by molar-refractivity contribution is 6.00. The van der Waals surface area contributed by atoms with Gasteiger partial charge in [0.15, 0.2) is 12.4 Å². The van der Waals surface area contributed by atoms with Crippen molar-refractivity contribution in [3.8, 4) is 0 Å². The number of aryl methyl sites for hydroxylation is 1. The summed E-state index contributed by atoms with van der Waals surface area (Å²) in [6.07, 6.45) is 1.23. The molecule has 0 bridgehead atoms. The number of Topliss-reactive ketones (excluding diaryl/α,β-unsaturated/α-hetero) is 1. The van der Waals surface area contributed by atoms with Crippen LogP contribution in [0.4, 0.5) is 5.69 Å². The van der Waals surface area contributed by atoms with Gasteiger partial charge in [0.25, 0.3) is 0 Å². The van der Waals surface area contributed by atoms with Crippen LogP contribution in [0, 0.1) is 13.8 Å². The number of hydrogen-bond donors (Lipinski definition) is 1. The second-order valence-electron chi connectivity index (χ2n) is 6.12. The third-order valence-corrected chi connectivity index (χ3v) is 4.13. The molecule has 0 saturated carbocycles. The van der Waals surface area contributed by atoms with Crippen LogP contribution < -0.4 is 5.32 Å². The molecule has 0 spiro atoms. The van der Waals surface area contributed by atoms with Crippen molar-refractivity contribution in [2.24, 2.45) is 0 Å². The molecular weight excluding hydrogens is 330 g/mol. The van der Waals surface area contributed by atoms with Crippen molar-refractivity contribution >= 4 is 23.3 Å². The summed E-state index contributed by atoms with van der Waals surface area (Å²) >= 11 is 0. The number of benzene rings is 2. The third-order valence-electron chi connectivity index (χ3n) is 4.13. The molecule has 2 rings (SSSR count). The molecule has 1 N–H and O–H groups in total. The maximum atomic E-state index is 12.2. The molecule has 0 atom stereocenters. The summed E-state index contributed by atoms with van der Waals surface area (Å²) in [5.41, 5.74) is 3.36. The van der Waals surface area contributed by atoms with Gasteiger partial charge in [-0.2, -0.15) is 0 Å². The van der Waals surface area contributed by atoms with E-state index in [1.807, 2.05) is 26.8 Å². The van der Waals surface area contributed by atoms with E-state index >= 15 is 0 Å². The first kappa shape index (κ1) is 19.4. The van der Waals surface area contributed by atoms with Crippen LogP contribution in [0.2, 0.25) is 0 Å². The summed E-state index contributed by atoms with van der Waals surface area (Å²) in [5, 5.41) is 2.76. The van der Waals surface area contributed by atoms with E-state index in [2.05, 4.69) is 5.32 Å². The Hall–Kier alpha value is -2.95. The molecule has 1 amide bonds.